The van der Waals surface area contributed by atoms with Gasteiger partial charge < -0.3 is 23.9 Å². The number of benzene rings is 3. The largest absolute Gasteiger partial charge is 0.496 e. The number of fused-ring (bicyclic) bond motifs is 2. The molecule has 0 spiro atoms. The predicted octanol–water partition coefficient (Wildman–Crippen LogP) is 6.05. The minimum Gasteiger partial charge on any atom is -0.496 e. The predicted molar refractivity (Wildman–Crippen MR) is 144 cm³/mol. The minimum absolute atomic E-state index is 0.170. The Morgan fingerprint density at radius 3 is 2.68 bits per heavy atom. The Labute approximate surface area is 221 Å². The number of hydrogen-bond donors (Lipinski definition) is 1. The van der Waals surface area contributed by atoms with Crippen molar-refractivity contribution in [3.8, 4) is 28.1 Å². The molecule has 0 atom stereocenters. The van der Waals surface area contributed by atoms with Crippen LogP contribution in [0.2, 0.25) is 0 Å². The summed E-state index contributed by atoms with van der Waals surface area (Å²) in [6.07, 6.45) is 1.79. The summed E-state index contributed by atoms with van der Waals surface area (Å²) in [5, 5.41) is 8.57. The first-order chi connectivity index (χ1) is 18.6. The van der Waals surface area contributed by atoms with Gasteiger partial charge in [0.25, 0.3) is 11.1 Å². The van der Waals surface area contributed by atoms with Crippen LogP contribution in [0.4, 0.5) is 5.69 Å². The maximum Gasteiger partial charge on any atom is 0.294 e. The Kier molecular flexibility index (Phi) is 6.14. The molecule has 0 aliphatic heterocycles. The van der Waals surface area contributed by atoms with Crippen LogP contribution in [0.1, 0.15) is 15.9 Å². The van der Waals surface area contributed by atoms with Crippen LogP contribution >= 0.6 is 11.3 Å². The van der Waals surface area contributed by atoms with Gasteiger partial charge in [0.05, 0.1) is 25.8 Å². The van der Waals surface area contributed by atoms with Crippen molar-refractivity contribution >= 4 is 38.9 Å². The third-order valence-corrected chi connectivity index (χ3v) is 6.76. The Morgan fingerprint density at radius 1 is 1.03 bits per heavy atom. The highest BCUT2D eigenvalue weighted by Gasteiger charge is 2.17. The van der Waals surface area contributed by atoms with Crippen molar-refractivity contribution in [2.24, 2.45) is 0 Å². The maximum atomic E-state index is 12.5. The molecule has 38 heavy (non-hydrogen) atoms. The highest BCUT2D eigenvalue weighted by molar-refractivity contribution is 7.18. The van der Waals surface area contributed by atoms with Gasteiger partial charge in [-0.05, 0) is 47.2 Å². The van der Waals surface area contributed by atoms with E-state index < -0.39 is 0 Å². The molecule has 9 nitrogen and oxygen atoms in total. The zero-order valence-corrected chi connectivity index (χ0v) is 21.3. The molecule has 6 rings (SSSR count). The number of furan rings is 1. The number of nitrogens with zero attached hydrogens (tertiary/aromatic N) is 3. The summed E-state index contributed by atoms with van der Waals surface area (Å²) in [5.41, 5.74) is 3.43. The maximum absolute atomic E-state index is 12.5. The lowest BCUT2D eigenvalue weighted by atomic mass is 10.1. The van der Waals surface area contributed by atoms with E-state index in [1.807, 2.05) is 60.7 Å². The number of imidazole rings is 1. The fourth-order valence-electron chi connectivity index (χ4n) is 4.02. The molecule has 3 heterocycles. The number of carbonyl (C=O) groups excluding carboxylic acids is 1. The van der Waals surface area contributed by atoms with Crippen molar-refractivity contribution in [1.82, 2.24) is 14.6 Å². The van der Waals surface area contributed by atoms with Crippen molar-refractivity contribution in [2.75, 3.05) is 19.5 Å². The van der Waals surface area contributed by atoms with E-state index in [4.69, 9.17) is 18.6 Å². The number of nitrogens with one attached hydrogen (secondary N) is 1. The Balaban J connectivity index is 1.24. The molecule has 190 valence electrons. The van der Waals surface area contributed by atoms with Crippen LogP contribution < -0.4 is 19.5 Å². The summed E-state index contributed by atoms with van der Waals surface area (Å²) in [6, 6.07) is 22.2. The van der Waals surface area contributed by atoms with Crippen LogP contribution in [0, 0.1) is 0 Å². The number of anilines is 1. The Hall–Kier alpha value is -4.83. The van der Waals surface area contributed by atoms with Crippen LogP contribution in [-0.2, 0) is 6.61 Å². The van der Waals surface area contributed by atoms with Gasteiger partial charge in [-0.2, -0.15) is 0 Å². The lowest BCUT2D eigenvalue weighted by molar-refractivity contribution is 0.102. The van der Waals surface area contributed by atoms with Crippen LogP contribution in [0.3, 0.4) is 0 Å². The van der Waals surface area contributed by atoms with Crippen LogP contribution in [0.25, 0.3) is 27.4 Å². The first-order valence-corrected chi connectivity index (χ1v) is 12.5. The summed E-state index contributed by atoms with van der Waals surface area (Å²) in [6.45, 7) is 0.280. The van der Waals surface area contributed by atoms with Gasteiger partial charge >= 0.3 is 0 Å². The number of rotatable bonds is 8. The van der Waals surface area contributed by atoms with Gasteiger partial charge in [-0.15, -0.1) is 5.10 Å². The first-order valence-electron chi connectivity index (χ1n) is 11.7. The number of methoxy groups -OCH3 is 2. The molecule has 0 radical (unpaired) electrons. The molecule has 10 heteroatoms. The lowest BCUT2D eigenvalue weighted by Crippen LogP contribution is -2.11. The highest BCUT2D eigenvalue weighted by Crippen LogP contribution is 2.37. The van der Waals surface area contributed by atoms with Crippen LogP contribution in [0.15, 0.2) is 83.4 Å². The molecule has 0 aliphatic carbocycles. The number of hydrogen-bond acceptors (Lipinski definition) is 8. The SMILES string of the molecule is COc1cc(OCc2cccc(NC(=O)c3ccccc3)c2)c2cc(-c3cn4nc(OC)sc4n3)oc2c1. The molecular formula is C28H22N4O5S. The molecule has 1 amide bonds. The van der Waals surface area contributed by atoms with Crippen molar-refractivity contribution in [3.63, 3.8) is 0 Å². The van der Waals surface area contributed by atoms with Gasteiger partial charge in [0.15, 0.2) is 5.76 Å². The second kappa shape index (κ2) is 9.91. The second-order valence-electron chi connectivity index (χ2n) is 8.38. The third kappa shape index (κ3) is 4.64. The zero-order chi connectivity index (χ0) is 26.1. The van der Waals surface area contributed by atoms with Gasteiger partial charge in [-0.25, -0.2) is 9.50 Å². The molecule has 3 aromatic heterocycles. The summed E-state index contributed by atoms with van der Waals surface area (Å²) in [5.74, 6) is 1.63. The van der Waals surface area contributed by atoms with E-state index in [9.17, 15) is 4.79 Å². The standard InChI is InChI=1S/C28H22N4O5S/c1-34-20-12-23(36-16-17-7-6-10-19(11-17)29-26(33)18-8-4-3-5-9-18)21-14-25(37-24(21)13-20)22-15-32-27(30-22)38-28(31-32)35-2/h3-15H,16H2,1-2H3,(H,29,33). The average Bonchev–Trinajstić information content (AvgIpc) is 3.65. The summed E-state index contributed by atoms with van der Waals surface area (Å²) in [4.78, 5) is 17.8. The molecule has 0 aliphatic rings. The highest BCUT2D eigenvalue weighted by atomic mass is 32.1. The van der Waals surface area contributed by atoms with Crippen molar-refractivity contribution < 1.29 is 23.4 Å². The first kappa shape index (κ1) is 23.6. The van der Waals surface area contributed by atoms with Gasteiger partial charge in [0.2, 0.25) is 4.96 Å². The van der Waals surface area contributed by atoms with Crippen LogP contribution in [-0.4, -0.2) is 34.7 Å². The number of aromatic nitrogens is 3. The Morgan fingerprint density at radius 2 is 1.89 bits per heavy atom. The van der Waals surface area contributed by atoms with E-state index in [1.54, 1.807) is 37.1 Å². The van der Waals surface area contributed by atoms with E-state index in [0.29, 0.717) is 49.9 Å². The number of amides is 1. The van der Waals surface area contributed by atoms with E-state index in [0.717, 1.165) is 10.9 Å². The van der Waals surface area contributed by atoms with Gasteiger partial charge in [-0.3, -0.25) is 4.79 Å². The molecule has 0 saturated carbocycles. The topological polar surface area (TPSA) is 100 Å². The second-order valence-corrected chi connectivity index (χ2v) is 9.30. The molecular weight excluding hydrogens is 504 g/mol. The molecule has 0 fully saturated rings. The molecule has 1 N–H and O–H groups in total. The lowest BCUT2D eigenvalue weighted by Gasteiger charge is -2.11. The van der Waals surface area contributed by atoms with Crippen molar-refractivity contribution in [1.29, 1.82) is 0 Å². The van der Waals surface area contributed by atoms with E-state index in [2.05, 4.69) is 15.4 Å². The van der Waals surface area contributed by atoms with E-state index in [-0.39, 0.29) is 12.5 Å². The Bertz CT molecular complexity index is 1720. The van der Waals surface area contributed by atoms with Gasteiger partial charge in [-0.1, -0.05) is 30.3 Å². The summed E-state index contributed by atoms with van der Waals surface area (Å²) in [7, 11) is 3.17. The molecule has 0 saturated heterocycles. The fourth-order valence-corrected chi connectivity index (χ4v) is 4.72. The third-order valence-electron chi connectivity index (χ3n) is 5.88. The fraction of sp³-hybridized carbons (Fsp3) is 0.107. The molecule has 6 aromatic rings. The average molecular weight is 527 g/mol. The molecule has 0 unspecified atom stereocenters. The normalized spacial score (nSPS) is 11.1. The molecule has 3 aromatic carbocycles. The van der Waals surface area contributed by atoms with Crippen LogP contribution in [0.5, 0.6) is 16.7 Å². The zero-order valence-electron chi connectivity index (χ0n) is 20.5. The number of ether oxygens (including phenoxy) is 3. The number of carbonyl (C=O) groups is 1. The van der Waals surface area contributed by atoms with Gasteiger partial charge in [0.1, 0.15) is 29.4 Å². The van der Waals surface area contributed by atoms with E-state index in [1.165, 1.54) is 11.3 Å². The monoisotopic (exact) mass is 526 g/mol. The summed E-state index contributed by atoms with van der Waals surface area (Å²) >= 11 is 1.34. The van der Waals surface area contributed by atoms with Crippen molar-refractivity contribution in [2.45, 2.75) is 6.61 Å². The smallest absolute Gasteiger partial charge is 0.294 e. The quantitative estimate of drug-likeness (QED) is 0.258. The molecule has 0 bridgehead atoms. The minimum atomic E-state index is -0.170. The van der Waals surface area contributed by atoms with E-state index >= 15 is 0 Å². The summed E-state index contributed by atoms with van der Waals surface area (Å²) < 4.78 is 24.6. The van der Waals surface area contributed by atoms with Gasteiger partial charge in [0, 0.05) is 23.4 Å². The van der Waals surface area contributed by atoms with Crippen molar-refractivity contribution in [3.05, 3.63) is 90.1 Å².